The number of carbonyl (C=O) groups is 1. The van der Waals surface area contributed by atoms with Gasteiger partial charge in [-0.25, -0.2) is 14.3 Å². The maximum Gasteiger partial charge on any atom is 0.341 e. The van der Waals surface area contributed by atoms with E-state index in [-0.39, 0.29) is 6.61 Å². The Morgan fingerprint density at radius 1 is 1.32 bits per heavy atom. The van der Waals surface area contributed by atoms with Crippen molar-refractivity contribution in [1.82, 2.24) is 19.6 Å². The molecule has 0 saturated carbocycles. The fourth-order valence-corrected chi connectivity index (χ4v) is 2.57. The summed E-state index contributed by atoms with van der Waals surface area (Å²) in [7, 11) is 0. The Kier molecular flexibility index (Phi) is 4.15. The van der Waals surface area contributed by atoms with Crippen molar-refractivity contribution in [2.75, 3.05) is 0 Å². The van der Waals surface area contributed by atoms with Crippen LogP contribution < -0.4 is 0 Å². The van der Waals surface area contributed by atoms with Crippen molar-refractivity contribution in [3.63, 3.8) is 0 Å². The van der Waals surface area contributed by atoms with Gasteiger partial charge in [0.05, 0.1) is 11.3 Å². The molecule has 2 heterocycles. The van der Waals surface area contributed by atoms with Gasteiger partial charge < -0.3 is 4.74 Å². The Bertz CT molecular complexity index is 831. The first-order chi connectivity index (χ1) is 10.7. The van der Waals surface area contributed by atoms with Crippen LogP contribution in [-0.2, 0) is 17.8 Å². The van der Waals surface area contributed by atoms with Crippen molar-refractivity contribution >= 4 is 27.7 Å². The Morgan fingerprint density at radius 3 is 2.91 bits per heavy atom. The maximum atomic E-state index is 12.3. The number of hydrogen-bond acceptors (Lipinski definition) is 5. The van der Waals surface area contributed by atoms with E-state index in [9.17, 15) is 4.79 Å². The molecule has 0 atom stereocenters. The van der Waals surface area contributed by atoms with Gasteiger partial charge in [-0.1, -0.05) is 41.1 Å². The second-order valence-corrected chi connectivity index (χ2v) is 5.47. The summed E-state index contributed by atoms with van der Waals surface area (Å²) in [5, 5.41) is 4.09. The van der Waals surface area contributed by atoms with Crippen LogP contribution in [0.2, 0.25) is 0 Å². The van der Waals surface area contributed by atoms with Crippen molar-refractivity contribution in [3.05, 3.63) is 58.1 Å². The minimum absolute atomic E-state index is 0.193. The predicted molar refractivity (Wildman–Crippen MR) is 83.4 cm³/mol. The van der Waals surface area contributed by atoms with Gasteiger partial charge in [0.1, 0.15) is 12.9 Å². The molecular formula is C15H13BrN4O2. The largest absolute Gasteiger partial charge is 0.457 e. The van der Waals surface area contributed by atoms with E-state index in [1.54, 1.807) is 4.52 Å². The van der Waals surface area contributed by atoms with E-state index in [2.05, 4.69) is 31.0 Å². The van der Waals surface area contributed by atoms with Gasteiger partial charge in [-0.15, -0.1) is 0 Å². The van der Waals surface area contributed by atoms with Crippen molar-refractivity contribution in [3.8, 4) is 0 Å². The van der Waals surface area contributed by atoms with E-state index in [1.165, 1.54) is 12.5 Å². The predicted octanol–water partition coefficient (Wildman–Crippen LogP) is 2.81. The number of esters is 1. The highest BCUT2D eigenvalue weighted by atomic mass is 79.9. The molecule has 2 aromatic heterocycles. The van der Waals surface area contributed by atoms with Crippen LogP contribution in [-0.4, -0.2) is 25.6 Å². The molecule has 1 aromatic carbocycles. The highest BCUT2D eigenvalue weighted by Crippen LogP contribution is 2.18. The molecule has 6 nitrogen and oxygen atoms in total. The summed E-state index contributed by atoms with van der Waals surface area (Å²) in [5.74, 6) is 0.0525. The zero-order valence-electron chi connectivity index (χ0n) is 11.9. The number of halogens is 1. The molecule has 7 heteroatoms. The number of aromatic nitrogens is 4. The Balaban J connectivity index is 1.84. The van der Waals surface area contributed by atoms with Crippen LogP contribution in [0.4, 0.5) is 0 Å². The van der Waals surface area contributed by atoms with Gasteiger partial charge in [-0.05, 0) is 12.5 Å². The standard InChI is InChI=1S/C15H13BrN4O2/c1-2-13-11(7-17-15-18-9-19-20(13)15)14(21)22-8-10-5-3-4-6-12(10)16/h3-7,9H,2,8H2,1H3. The summed E-state index contributed by atoms with van der Waals surface area (Å²) >= 11 is 3.43. The maximum absolute atomic E-state index is 12.3. The lowest BCUT2D eigenvalue weighted by Gasteiger charge is -2.10. The van der Waals surface area contributed by atoms with Gasteiger partial charge in [-0.2, -0.15) is 10.1 Å². The molecule has 0 spiro atoms. The summed E-state index contributed by atoms with van der Waals surface area (Å²) in [4.78, 5) is 20.5. The highest BCUT2D eigenvalue weighted by Gasteiger charge is 2.17. The van der Waals surface area contributed by atoms with Crippen LogP contribution in [0.25, 0.3) is 5.78 Å². The monoisotopic (exact) mass is 360 g/mol. The summed E-state index contributed by atoms with van der Waals surface area (Å²) in [6.07, 6.45) is 3.53. The molecule has 0 saturated heterocycles. The van der Waals surface area contributed by atoms with Gasteiger partial charge in [0.15, 0.2) is 0 Å². The number of ether oxygens (including phenoxy) is 1. The first-order valence-corrected chi connectivity index (χ1v) is 7.58. The molecule has 112 valence electrons. The molecule has 0 radical (unpaired) electrons. The number of aryl methyl sites for hydroxylation is 1. The summed E-state index contributed by atoms with van der Waals surface area (Å²) < 4.78 is 7.86. The molecule has 0 amide bonds. The number of hydrogen-bond donors (Lipinski definition) is 0. The Labute approximate surface area is 135 Å². The van der Waals surface area contributed by atoms with Crippen LogP contribution in [0, 0.1) is 0 Å². The van der Waals surface area contributed by atoms with Crippen molar-refractivity contribution < 1.29 is 9.53 Å². The molecule has 0 aliphatic heterocycles. The third kappa shape index (κ3) is 2.71. The van der Waals surface area contributed by atoms with E-state index in [1.807, 2.05) is 31.2 Å². The zero-order valence-corrected chi connectivity index (χ0v) is 13.4. The first-order valence-electron chi connectivity index (χ1n) is 6.79. The Hall–Kier alpha value is -2.28. The van der Waals surface area contributed by atoms with Gasteiger partial charge in [0.25, 0.3) is 5.78 Å². The van der Waals surface area contributed by atoms with Gasteiger partial charge in [-0.3, -0.25) is 0 Å². The third-order valence-corrected chi connectivity index (χ3v) is 4.05. The third-order valence-electron chi connectivity index (χ3n) is 3.28. The average molecular weight is 361 g/mol. The molecule has 0 N–H and O–H groups in total. The summed E-state index contributed by atoms with van der Waals surface area (Å²) in [6, 6.07) is 7.61. The van der Waals surface area contributed by atoms with Crippen molar-refractivity contribution in [2.24, 2.45) is 0 Å². The van der Waals surface area contributed by atoms with E-state index >= 15 is 0 Å². The van der Waals surface area contributed by atoms with Crippen LogP contribution in [0.3, 0.4) is 0 Å². The number of carbonyl (C=O) groups excluding carboxylic acids is 1. The van der Waals surface area contributed by atoms with Crippen LogP contribution in [0.1, 0.15) is 28.5 Å². The fourth-order valence-electron chi connectivity index (χ4n) is 2.17. The second kappa shape index (κ2) is 6.23. The normalized spacial score (nSPS) is 10.8. The second-order valence-electron chi connectivity index (χ2n) is 4.61. The molecule has 0 unspecified atom stereocenters. The zero-order chi connectivity index (χ0) is 15.5. The molecular weight excluding hydrogens is 348 g/mol. The number of fused-ring (bicyclic) bond motifs is 1. The fraction of sp³-hybridized carbons (Fsp3) is 0.200. The van der Waals surface area contributed by atoms with Crippen LogP contribution in [0.15, 0.2) is 41.3 Å². The summed E-state index contributed by atoms with van der Waals surface area (Å²) in [5.41, 5.74) is 2.05. The SMILES string of the molecule is CCc1c(C(=O)OCc2ccccc2Br)cnc2ncnn12. The minimum atomic E-state index is -0.419. The average Bonchev–Trinajstić information content (AvgIpc) is 3.01. The minimum Gasteiger partial charge on any atom is -0.457 e. The molecule has 3 aromatic rings. The molecule has 0 aliphatic rings. The van der Waals surface area contributed by atoms with Gasteiger partial charge >= 0.3 is 5.97 Å². The lowest BCUT2D eigenvalue weighted by molar-refractivity contribution is 0.0469. The van der Waals surface area contributed by atoms with Gasteiger partial charge in [0.2, 0.25) is 0 Å². The lowest BCUT2D eigenvalue weighted by Crippen LogP contribution is -2.13. The van der Waals surface area contributed by atoms with E-state index in [0.717, 1.165) is 15.7 Å². The smallest absolute Gasteiger partial charge is 0.341 e. The van der Waals surface area contributed by atoms with Crippen LogP contribution in [0.5, 0.6) is 0 Å². The van der Waals surface area contributed by atoms with E-state index in [4.69, 9.17) is 4.74 Å². The number of rotatable bonds is 4. The molecule has 3 rings (SSSR count). The van der Waals surface area contributed by atoms with Crippen molar-refractivity contribution in [2.45, 2.75) is 20.0 Å². The van der Waals surface area contributed by atoms with E-state index < -0.39 is 5.97 Å². The van der Waals surface area contributed by atoms with E-state index in [0.29, 0.717) is 17.8 Å². The lowest BCUT2D eigenvalue weighted by atomic mass is 10.2. The highest BCUT2D eigenvalue weighted by molar-refractivity contribution is 9.10. The van der Waals surface area contributed by atoms with Crippen LogP contribution >= 0.6 is 15.9 Å². The summed E-state index contributed by atoms with van der Waals surface area (Å²) in [6.45, 7) is 2.14. The molecule has 0 aliphatic carbocycles. The quantitative estimate of drug-likeness (QED) is 0.669. The molecule has 22 heavy (non-hydrogen) atoms. The van der Waals surface area contributed by atoms with Gasteiger partial charge in [0, 0.05) is 16.2 Å². The first kappa shape index (κ1) is 14.6. The number of benzene rings is 1. The topological polar surface area (TPSA) is 69.4 Å². The molecule has 0 bridgehead atoms. The Morgan fingerprint density at radius 2 is 2.14 bits per heavy atom. The number of nitrogens with zero attached hydrogens (tertiary/aromatic N) is 4. The van der Waals surface area contributed by atoms with Crippen molar-refractivity contribution in [1.29, 1.82) is 0 Å². The molecule has 0 fully saturated rings.